The van der Waals surface area contributed by atoms with E-state index in [-0.39, 0.29) is 5.91 Å². The standard InChI is InChI=1S/C18H18N4OS/c1-13-8-10-15(11-9-13)20-17(23)16(14-6-4-3-5-7-14)24-18-21-19-12-22(18)2/h3-12,16H,1-2H3,(H,20,23)/t16-/m1/s1. The van der Waals surface area contributed by atoms with Crippen molar-refractivity contribution in [2.24, 2.45) is 7.05 Å². The zero-order valence-corrected chi connectivity index (χ0v) is 14.3. The molecule has 0 radical (unpaired) electrons. The Morgan fingerprint density at radius 1 is 1.12 bits per heavy atom. The Morgan fingerprint density at radius 2 is 1.83 bits per heavy atom. The molecule has 0 fully saturated rings. The highest BCUT2D eigenvalue weighted by atomic mass is 32.2. The van der Waals surface area contributed by atoms with Crippen LogP contribution >= 0.6 is 11.8 Å². The largest absolute Gasteiger partial charge is 0.325 e. The van der Waals surface area contributed by atoms with E-state index in [1.165, 1.54) is 11.8 Å². The second kappa shape index (κ2) is 7.31. The lowest BCUT2D eigenvalue weighted by atomic mass is 10.1. The molecule has 1 atom stereocenters. The van der Waals surface area contributed by atoms with Crippen molar-refractivity contribution in [3.8, 4) is 0 Å². The topological polar surface area (TPSA) is 59.8 Å². The van der Waals surface area contributed by atoms with Crippen LogP contribution in [0, 0.1) is 6.92 Å². The van der Waals surface area contributed by atoms with Gasteiger partial charge < -0.3 is 9.88 Å². The summed E-state index contributed by atoms with van der Waals surface area (Å²) in [7, 11) is 1.86. The van der Waals surface area contributed by atoms with E-state index in [4.69, 9.17) is 0 Å². The van der Waals surface area contributed by atoms with Crippen molar-refractivity contribution < 1.29 is 4.79 Å². The molecular formula is C18H18N4OS. The van der Waals surface area contributed by atoms with Gasteiger partial charge in [0.05, 0.1) is 0 Å². The minimum atomic E-state index is -0.407. The summed E-state index contributed by atoms with van der Waals surface area (Å²) in [5.41, 5.74) is 2.86. The van der Waals surface area contributed by atoms with Crippen LogP contribution in [0.25, 0.3) is 0 Å². The van der Waals surface area contributed by atoms with Crippen molar-refractivity contribution in [3.63, 3.8) is 0 Å². The number of carbonyl (C=O) groups is 1. The molecule has 0 bridgehead atoms. The molecule has 5 nitrogen and oxygen atoms in total. The van der Waals surface area contributed by atoms with Crippen molar-refractivity contribution in [3.05, 3.63) is 72.1 Å². The first-order chi connectivity index (χ1) is 11.6. The number of amides is 1. The fourth-order valence-corrected chi connectivity index (χ4v) is 3.21. The third-order valence-corrected chi connectivity index (χ3v) is 4.86. The van der Waals surface area contributed by atoms with Crippen LogP contribution in [0.15, 0.2) is 66.1 Å². The molecule has 1 amide bonds. The van der Waals surface area contributed by atoms with Gasteiger partial charge >= 0.3 is 0 Å². The summed E-state index contributed by atoms with van der Waals surface area (Å²) in [5, 5.41) is 11.2. The maximum Gasteiger partial charge on any atom is 0.242 e. The van der Waals surface area contributed by atoms with Gasteiger partial charge in [-0.05, 0) is 24.6 Å². The van der Waals surface area contributed by atoms with Crippen molar-refractivity contribution in [2.75, 3.05) is 5.32 Å². The fourth-order valence-electron chi connectivity index (χ4n) is 2.23. The van der Waals surface area contributed by atoms with E-state index >= 15 is 0 Å². The zero-order chi connectivity index (χ0) is 16.9. The Morgan fingerprint density at radius 3 is 2.46 bits per heavy atom. The Kier molecular flexibility index (Phi) is 4.96. The molecule has 3 aromatic rings. The van der Waals surface area contributed by atoms with E-state index in [9.17, 15) is 4.79 Å². The number of thioether (sulfide) groups is 1. The molecule has 0 unspecified atom stereocenters. The number of nitrogens with zero attached hydrogens (tertiary/aromatic N) is 3. The number of benzene rings is 2. The summed E-state index contributed by atoms with van der Waals surface area (Å²) < 4.78 is 1.81. The van der Waals surface area contributed by atoms with Crippen LogP contribution in [0.2, 0.25) is 0 Å². The predicted octanol–water partition coefficient (Wildman–Crippen LogP) is 3.60. The van der Waals surface area contributed by atoms with Gasteiger partial charge in [-0.15, -0.1) is 10.2 Å². The van der Waals surface area contributed by atoms with Crippen LogP contribution < -0.4 is 5.32 Å². The van der Waals surface area contributed by atoms with Crippen LogP contribution in [-0.4, -0.2) is 20.7 Å². The van der Waals surface area contributed by atoms with Crippen LogP contribution in [-0.2, 0) is 11.8 Å². The van der Waals surface area contributed by atoms with Gasteiger partial charge in [0.1, 0.15) is 11.6 Å². The van der Waals surface area contributed by atoms with Crippen LogP contribution in [0.3, 0.4) is 0 Å². The van der Waals surface area contributed by atoms with Gasteiger partial charge in [0.15, 0.2) is 5.16 Å². The molecule has 1 heterocycles. The Bertz CT molecular complexity index is 815. The lowest BCUT2D eigenvalue weighted by Crippen LogP contribution is -2.19. The summed E-state index contributed by atoms with van der Waals surface area (Å²) in [6.07, 6.45) is 1.63. The highest BCUT2D eigenvalue weighted by molar-refractivity contribution is 8.00. The van der Waals surface area contributed by atoms with E-state index in [1.54, 1.807) is 10.9 Å². The Balaban J connectivity index is 1.85. The lowest BCUT2D eigenvalue weighted by molar-refractivity contribution is -0.115. The molecule has 2 aromatic carbocycles. The van der Waals surface area contributed by atoms with Crippen LogP contribution in [0.1, 0.15) is 16.4 Å². The molecule has 0 saturated carbocycles. The zero-order valence-electron chi connectivity index (χ0n) is 13.5. The normalized spacial score (nSPS) is 11.9. The molecule has 0 saturated heterocycles. The average molecular weight is 338 g/mol. The number of hydrogen-bond acceptors (Lipinski definition) is 4. The van der Waals surface area contributed by atoms with Crippen molar-refractivity contribution in [1.82, 2.24) is 14.8 Å². The van der Waals surface area contributed by atoms with E-state index < -0.39 is 5.25 Å². The van der Waals surface area contributed by atoms with Gasteiger partial charge in [-0.25, -0.2) is 0 Å². The van der Waals surface area contributed by atoms with Crippen molar-refractivity contribution in [2.45, 2.75) is 17.3 Å². The first-order valence-corrected chi connectivity index (χ1v) is 8.44. The molecule has 3 rings (SSSR count). The van der Waals surface area contributed by atoms with Crippen molar-refractivity contribution >= 4 is 23.4 Å². The molecular weight excluding hydrogens is 320 g/mol. The molecule has 0 aliphatic heterocycles. The molecule has 0 spiro atoms. The summed E-state index contributed by atoms with van der Waals surface area (Å²) in [6.45, 7) is 2.02. The number of aryl methyl sites for hydroxylation is 2. The lowest BCUT2D eigenvalue weighted by Gasteiger charge is -2.16. The summed E-state index contributed by atoms with van der Waals surface area (Å²) in [6, 6.07) is 17.4. The highest BCUT2D eigenvalue weighted by Gasteiger charge is 2.24. The van der Waals surface area contributed by atoms with E-state index in [2.05, 4.69) is 15.5 Å². The maximum absolute atomic E-state index is 12.8. The average Bonchev–Trinajstić information content (AvgIpc) is 3.00. The second-order valence-electron chi connectivity index (χ2n) is 5.49. The Hall–Kier alpha value is -2.60. The number of hydrogen-bond donors (Lipinski definition) is 1. The quantitative estimate of drug-likeness (QED) is 0.722. The first-order valence-electron chi connectivity index (χ1n) is 7.56. The predicted molar refractivity (Wildman–Crippen MR) is 95.9 cm³/mol. The third kappa shape index (κ3) is 3.83. The van der Waals surface area contributed by atoms with Gasteiger partial charge in [0, 0.05) is 12.7 Å². The smallest absolute Gasteiger partial charge is 0.242 e. The number of carbonyl (C=O) groups excluding carboxylic acids is 1. The van der Waals surface area contributed by atoms with Gasteiger partial charge in [-0.2, -0.15) is 0 Å². The van der Waals surface area contributed by atoms with Crippen LogP contribution in [0.4, 0.5) is 5.69 Å². The third-order valence-electron chi connectivity index (χ3n) is 3.55. The van der Waals surface area contributed by atoms with Gasteiger partial charge in [0.25, 0.3) is 0 Å². The molecule has 6 heteroatoms. The molecule has 122 valence electrons. The highest BCUT2D eigenvalue weighted by Crippen LogP contribution is 2.34. The van der Waals surface area contributed by atoms with Gasteiger partial charge in [0.2, 0.25) is 5.91 Å². The summed E-state index contributed by atoms with van der Waals surface area (Å²) >= 11 is 1.38. The summed E-state index contributed by atoms with van der Waals surface area (Å²) in [4.78, 5) is 12.8. The molecule has 1 aromatic heterocycles. The SMILES string of the molecule is Cc1ccc(NC(=O)[C@H](Sc2nncn2C)c2ccccc2)cc1. The summed E-state index contributed by atoms with van der Waals surface area (Å²) in [5.74, 6) is -0.0851. The van der Waals surface area contributed by atoms with E-state index in [0.29, 0.717) is 5.16 Å². The maximum atomic E-state index is 12.8. The fraction of sp³-hybridized carbons (Fsp3) is 0.167. The Labute approximate surface area is 145 Å². The first kappa shape index (κ1) is 16.3. The minimum Gasteiger partial charge on any atom is -0.325 e. The number of rotatable bonds is 5. The molecule has 1 N–H and O–H groups in total. The van der Waals surface area contributed by atoms with Crippen molar-refractivity contribution in [1.29, 1.82) is 0 Å². The molecule has 0 aliphatic carbocycles. The van der Waals surface area contributed by atoms with Gasteiger partial charge in [-0.1, -0.05) is 59.8 Å². The van der Waals surface area contributed by atoms with E-state index in [1.807, 2.05) is 68.6 Å². The number of aromatic nitrogens is 3. The second-order valence-corrected chi connectivity index (χ2v) is 6.56. The number of anilines is 1. The van der Waals surface area contributed by atoms with E-state index in [0.717, 1.165) is 16.8 Å². The number of nitrogens with one attached hydrogen (secondary N) is 1. The molecule has 0 aliphatic rings. The minimum absolute atomic E-state index is 0.0851. The molecule has 24 heavy (non-hydrogen) atoms. The van der Waals surface area contributed by atoms with Gasteiger partial charge in [-0.3, -0.25) is 4.79 Å². The monoisotopic (exact) mass is 338 g/mol. The van der Waals surface area contributed by atoms with Crippen LogP contribution in [0.5, 0.6) is 0 Å².